The molecule has 0 spiro atoms. The number of imidazole rings is 1. The van der Waals surface area contributed by atoms with Crippen molar-refractivity contribution in [2.75, 3.05) is 11.9 Å². The molecule has 1 rings (SSSR count). The minimum absolute atomic E-state index is 0.206. The molecule has 0 saturated heterocycles. The van der Waals surface area contributed by atoms with E-state index >= 15 is 0 Å². The second-order valence-corrected chi connectivity index (χ2v) is 5.21. The summed E-state index contributed by atoms with van der Waals surface area (Å²) in [5.41, 5.74) is 0.206. The van der Waals surface area contributed by atoms with Crippen LogP contribution >= 0.6 is 15.9 Å². The fourth-order valence-electron chi connectivity index (χ4n) is 1.48. The third-order valence-electron chi connectivity index (χ3n) is 2.60. The smallest absolute Gasteiger partial charge is 0.105 e. The van der Waals surface area contributed by atoms with Crippen molar-refractivity contribution in [2.24, 2.45) is 0 Å². The lowest BCUT2D eigenvalue weighted by molar-refractivity contribution is 0.370. The van der Waals surface area contributed by atoms with Crippen molar-refractivity contribution in [1.29, 1.82) is 0 Å². The summed E-state index contributed by atoms with van der Waals surface area (Å²) in [7, 11) is 0. The first-order valence-electron chi connectivity index (χ1n) is 5.34. The van der Waals surface area contributed by atoms with Crippen LogP contribution < -0.4 is 5.32 Å². The predicted molar refractivity (Wildman–Crippen MR) is 67.5 cm³/mol. The standard InChI is InChI=1S/C11H20BrN3/c1-10-13-6-8-15(10)9-7-14-11(2,3)4-5-12/h6,8,14H,4-5,7,9H2,1-3H3. The van der Waals surface area contributed by atoms with E-state index in [4.69, 9.17) is 0 Å². The molecule has 0 amide bonds. The van der Waals surface area contributed by atoms with Gasteiger partial charge in [-0.2, -0.15) is 0 Å². The molecule has 15 heavy (non-hydrogen) atoms. The number of aromatic nitrogens is 2. The summed E-state index contributed by atoms with van der Waals surface area (Å²) in [4.78, 5) is 4.20. The highest BCUT2D eigenvalue weighted by Crippen LogP contribution is 2.09. The monoisotopic (exact) mass is 273 g/mol. The van der Waals surface area contributed by atoms with Gasteiger partial charge in [-0.1, -0.05) is 15.9 Å². The van der Waals surface area contributed by atoms with Crippen LogP contribution in [-0.4, -0.2) is 27.0 Å². The van der Waals surface area contributed by atoms with E-state index in [0.717, 1.165) is 30.7 Å². The van der Waals surface area contributed by atoms with E-state index in [-0.39, 0.29) is 5.54 Å². The fourth-order valence-corrected chi connectivity index (χ4v) is 2.47. The van der Waals surface area contributed by atoms with Crippen molar-refractivity contribution in [3.8, 4) is 0 Å². The molecule has 0 unspecified atom stereocenters. The lowest BCUT2D eigenvalue weighted by Gasteiger charge is -2.25. The summed E-state index contributed by atoms with van der Waals surface area (Å²) in [6, 6.07) is 0. The van der Waals surface area contributed by atoms with Crippen LogP contribution in [0.1, 0.15) is 26.1 Å². The molecule has 1 aromatic rings. The van der Waals surface area contributed by atoms with E-state index < -0.39 is 0 Å². The third kappa shape index (κ3) is 4.34. The Labute approximate surface area is 100 Å². The van der Waals surface area contributed by atoms with Crippen LogP contribution in [0.2, 0.25) is 0 Å². The van der Waals surface area contributed by atoms with Crippen molar-refractivity contribution in [2.45, 2.75) is 39.3 Å². The van der Waals surface area contributed by atoms with Gasteiger partial charge in [0, 0.05) is 36.4 Å². The topological polar surface area (TPSA) is 29.9 Å². The van der Waals surface area contributed by atoms with E-state index in [9.17, 15) is 0 Å². The first kappa shape index (κ1) is 12.7. The average molecular weight is 274 g/mol. The van der Waals surface area contributed by atoms with Gasteiger partial charge in [-0.3, -0.25) is 0 Å². The summed E-state index contributed by atoms with van der Waals surface area (Å²) >= 11 is 3.47. The zero-order valence-electron chi connectivity index (χ0n) is 9.76. The van der Waals surface area contributed by atoms with Gasteiger partial charge in [0.2, 0.25) is 0 Å². The number of rotatable bonds is 6. The summed E-state index contributed by atoms with van der Waals surface area (Å²) in [5, 5.41) is 4.59. The number of alkyl halides is 1. The SMILES string of the molecule is Cc1nccn1CCNC(C)(C)CCBr. The van der Waals surface area contributed by atoms with Crippen LogP contribution in [0.3, 0.4) is 0 Å². The number of nitrogens with zero attached hydrogens (tertiary/aromatic N) is 2. The number of aryl methyl sites for hydroxylation is 1. The van der Waals surface area contributed by atoms with E-state index in [2.05, 4.69) is 44.6 Å². The van der Waals surface area contributed by atoms with Crippen LogP contribution in [0.5, 0.6) is 0 Å². The van der Waals surface area contributed by atoms with E-state index in [1.54, 1.807) is 0 Å². The van der Waals surface area contributed by atoms with Gasteiger partial charge in [0.1, 0.15) is 5.82 Å². The molecule has 4 heteroatoms. The Morgan fingerprint density at radius 2 is 2.27 bits per heavy atom. The van der Waals surface area contributed by atoms with Crippen LogP contribution in [0, 0.1) is 6.92 Å². The fraction of sp³-hybridized carbons (Fsp3) is 0.727. The van der Waals surface area contributed by atoms with Gasteiger partial charge in [-0.05, 0) is 27.2 Å². The third-order valence-corrected chi connectivity index (χ3v) is 3.00. The van der Waals surface area contributed by atoms with Crippen molar-refractivity contribution < 1.29 is 0 Å². The van der Waals surface area contributed by atoms with Gasteiger partial charge in [0.15, 0.2) is 0 Å². The molecule has 0 fully saturated rings. The summed E-state index contributed by atoms with van der Waals surface area (Å²) in [5.74, 6) is 1.08. The van der Waals surface area contributed by atoms with Gasteiger partial charge in [0.05, 0.1) is 0 Å². The molecule has 0 aliphatic rings. The quantitative estimate of drug-likeness (QED) is 0.807. The van der Waals surface area contributed by atoms with Gasteiger partial charge < -0.3 is 9.88 Å². The van der Waals surface area contributed by atoms with Crippen LogP contribution in [0.15, 0.2) is 12.4 Å². The predicted octanol–water partition coefficient (Wildman–Crippen LogP) is 2.34. The van der Waals surface area contributed by atoms with Crippen molar-refractivity contribution in [3.63, 3.8) is 0 Å². The molecule has 1 heterocycles. The Kier molecular flexibility index (Phi) is 4.80. The molecular weight excluding hydrogens is 254 g/mol. The van der Waals surface area contributed by atoms with Crippen molar-refractivity contribution >= 4 is 15.9 Å². The lowest BCUT2D eigenvalue weighted by atomic mass is 10.0. The molecule has 0 aliphatic heterocycles. The van der Waals surface area contributed by atoms with Crippen molar-refractivity contribution in [3.05, 3.63) is 18.2 Å². The molecule has 0 radical (unpaired) electrons. The molecule has 0 saturated carbocycles. The Morgan fingerprint density at radius 3 is 2.80 bits per heavy atom. The first-order chi connectivity index (χ1) is 7.05. The van der Waals surface area contributed by atoms with E-state index in [1.165, 1.54) is 0 Å². The van der Waals surface area contributed by atoms with Crippen molar-refractivity contribution in [1.82, 2.24) is 14.9 Å². The van der Waals surface area contributed by atoms with Crippen LogP contribution in [-0.2, 0) is 6.54 Å². The molecule has 0 bridgehead atoms. The summed E-state index contributed by atoms with van der Waals surface area (Å²) < 4.78 is 2.16. The average Bonchev–Trinajstić information content (AvgIpc) is 2.51. The number of hydrogen-bond acceptors (Lipinski definition) is 2. The maximum Gasteiger partial charge on any atom is 0.105 e. The normalized spacial score (nSPS) is 12.0. The lowest BCUT2D eigenvalue weighted by Crippen LogP contribution is -2.41. The molecule has 3 nitrogen and oxygen atoms in total. The number of halogens is 1. The zero-order valence-corrected chi connectivity index (χ0v) is 11.3. The van der Waals surface area contributed by atoms with Gasteiger partial charge in [-0.25, -0.2) is 4.98 Å². The highest BCUT2D eigenvalue weighted by molar-refractivity contribution is 9.09. The van der Waals surface area contributed by atoms with E-state index in [0.29, 0.717) is 0 Å². The van der Waals surface area contributed by atoms with Crippen LogP contribution in [0.25, 0.3) is 0 Å². The highest BCUT2D eigenvalue weighted by atomic mass is 79.9. The zero-order chi connectivity index (χ0) is 11.3. The minimum atomic E-state index is 0.206. The van der Waals surface area contributed by atoms with Crippen LogP contribution in [0.4, 0.5) is 0 Å². The molecule has 0 aliphatic carbocycles. The second kappa shape index (κ2) is 5.66. The Morgan fingerprint density at radius 1 is 1.53 bits per heavy atom. The van der Waals surface area contributed by atoms with E-state index in [1.807, 2.05) is 19.3 Å². The molecule has 1 N–H and O–H groups in total. The van der Waals surface area contributed by atoms with Gasteiger partial charge >= 0.3 is 0 Å². The number of hydrogen-bond donors (Lipinski definition) is 1. The molecule has 1 aromatic heterocycles. The summed E-state index contributed by atoms with van der Waals surface area (Å²) in [6.45, 7) is 8.46. The Balaban J connectivity index is 2.30. The molecular formula is C11H20BrN3. The summed E-state index contributed by atoms with van der Waals surface area (Å²) in [6.07, 6.45) is 5.00. The Bertz CT molecular complexity index is 294. The maximum absolute atomic E-state index is 4.20. The molecule has 86 valence electrons. The first-order valence-corrected chi connectivity index (χ1v) is 6.46. The van der Waals surface area contributed by atoms with Gasteiger partial charge in [0.25, 0.3) is 0 Å². The maximum atomic E-state index is 4.20. The molecule has 0 atom stereocenters. The number of nitrogens with one attached hydrogen (secondary N) is 1. The second-order valence-electron chi connectivity index (χ2n) is 4.42. The largest absolute Gasteiger partial charge is 0.334 e. The highest BCUT2D eigenvalue weighted by Gasteiger charge is 2.14. The Hall–Kier alpha value is -0.350. The van der Waals surface area contributed by atoms with Gasteiger partial charge in [-0.15, -0.1) is 0 Å². The minimum Gasteiger partial charge on any atom is -0.334 e. The molecule has 0 aromatic carbocycles.